The first-order valence-electron chi connectivity index (χ1n) is 7.48. The number of benzene rings is 2. The Labute approximate surface area is 157 Å². The van der Waals surface area contributed by atoms with Gasteiger partial charge in [-0.05, 0) is 63.6 Å². The first-order valence-corrected chi connectivity index (χ1v) is 9.09. The molecule has 1 heterocycles. The third kappa shape index (κ3) is 4.05. The molecule has 0 bridgehead atoms. The molecule has 0 unspecified atom stereocenters. The molecule has 0 aliphatic rings. The number of fused-ring (bicyclic) bond motifs is 1. The zero-order valence-electron chi connectivity index (χ0n) is 13.7. The lowest BCUT2D eigenvalue weighted by Gasteiger charge is -2.14. The molecule has 0 aliphatic carbocycles. The van der Waals surface area contributed by atoms with Gasteiger partial charge in [0.2, 0.25) is 0 Å². The van der Waals surface area contributed by atoms with Crippen LogP contribution in [0, 0.1) is 0 Å². The van der Waals surface area contributed by atoms with Gasteiger partial charge in [-0.25, -0.2) is 9.78 Å². The minimum Gasteiger partial charge on any atom is -0.477 e. The molecule has 7 heteroatoms. The standard InChI is InChI=1S/C18H16BrN3O2S/c1-22(2)15-8-7-11(9-12(15)19)10-16(17(23)24)25-18-20-13-5-3-4-6-14(13)21-18/h3-10H,1-2H3,(H,20,21)(H,23,24)/b16-10-. The number of carbonyl (C=O) groups is 1. The lowest BCUT2D eigenvalue weighted by molar-refractivity contribution is -0.131. The number of nitrogens with one attached hydrogen (secondary N) is 1. The van der Waals surface area contributed by atoms with Crippen molar-refractivity contribution in [1.29, 1.82) is 0 Å². The van der Waals surface area contributed by atoms with Gasteiger partial charge in [0.1, 0.15) is 4.91 Å². The molecule has 25 heavy (non-hydrogen) atoms. The van der Waals surface area contributed by atoms with Crippen LogP contribution in [0.2, 0.25) is 0 Å². The van der Waals surface area contributed by atoms with Crippen molar-refractivity contribution >= 4 is 56.5 Å². The number of thioether (sulfide) groups is 1. The van der Waals surface area contributed by atoms with Crippen molar-refractivity contribution < 1.29 is 9.90 Å². The highest BCUT2D eigenvalue weighted by molar-refractivity contribution is 9.10. The minimum atomic E-state index is -0.988. The largest absolute Gasteiger partial charge is 0.477 e. The molecule has 128 valence electrons. The fourth-order valence-corrected chi connectivity index (χ4v) is 3.89. The van der Waals surface area contributed by atoms with E-state index in [-0.39, 0.29) is 4.91 Å². The fourth-order valence-electron chi connectivity index (χ4n) is 2.34. The second-order valence-corrected chi connectivity index (χ2v) is 7.47. The Morgan fingerprint density at radius 2 is 2.04 bits per heavy atom. The number of anilines is 1. The van der Waals surface area contributed by atoms with E-state index in [9.17, 15) is 9.90 Å². The molecule has 1 aromatic heterocycles. The predicted molar refractivity (Wildman–Crippen MR) is 106 cm³/mol. The molecule has 3 aromatic rings. The fraction of sp³-hybridized carbons (Fsp3) is 0.111. The van der Waals surface area contributed by atoms with Crippen LogP contribution in [0.25, 0.3) is 17.1 Å². The van der Waals surface area contributed by atoms with Crippen LogP contribution < -0.4 is 4.90 Å². The summed E-state index contributed by atoms with van der Waals surface area (Å²) in [7, 11) is 3.91. The minimum absolute atomic E-state index is 0.198. The molecule has 2 aromatic carbocycles. The molecule has 5 nitrogen and oxygen atoms in total. The van der Waals surface area contributed by atoms with E-state index in [1.807, 2.05) is 61.5 Å². The van der Waals surface area contributed by atoms with Crippen molar-refractivity contribution in [2.75, 3.05) is 19.0 Å². The Morgan fingerprint density at radius 1 is 1.28 bits per heavy atom. The van der Waals surface area contributed by atoms with Crippen molar-refractivity contribution in [1.82, 2.24) is 9.97 Å². The summed E-state index contributed by atoms with van der Waals surface area (Å²) in [6.07, 6.45) is 1.64. The molecule has 0 atom stereocenters. The third-order valence-corrected chi connectivity index (χ3v) is 5.07. The second-order valence-electron chi connectivity index (χ2n) is 5.58. The average molecular weight is 418 g/mol. The molecule has 2 N–H and O–H groups in total. The van der Waals surface area contributed by atoms with Crippen LogP contribution in [0.15, 0.2) is 57.0 Å². The summed E-state index contributed by atoms with van der Waals surface area (Å²) < 4.78 is 0.907. The Morgan fingerprint density at radius 3 is 2.68 bits per heavy atom. The first-order chi connectivity index (χ1) is 11.9. The highest BCUT2D eigenvalue weighted by Gasteiger charge is 2.13. The van der Waals surface area contributed by atoms with Gasteiger partial charge < -0.3 is 15.0 Å². The zero-order valence-corrected chi connectivity index (χ0v) is 16.1. The maximum absolute atomic E-state index is 11.6. The van der Waals surface area contributed by atoms with E-state index < -0.39 is 5.97 Å². The van der Waals surface area contributed by atoms with E-state index >= 15 is 0 Å². The van der Waals surface area contributed by atoms with Gasteiger partial charge in [0.15, 0.2) is 5.16 Å². The van der Waals surface area contributed by atoms with Crippen LogP contribution in [0.5, 0.6) is 0 Å². The first kappa shape index (κ1) is 17.6. The molecule has 0 fully saturated rings. The molecule has 3 rings (SSSR count). The summed E-state index contributed by atoms with van der Waals surface area (Å²) >= 11 is 4.62. The number of hydrogen-bond acceptors (Lipinski definition) is 4. The van der Waals surface area contributed by atoms with E-state index in [0.717, 1.165) is 38.5 Å². The number of imidazole rings is 1. The van der Waals surface area contributed by atoms with Gasteiger partial charge >= 0.3 is 5.97 Å². The van der Waals surface area contributed by atoms with Crippen LogP contribution in [0.4, 0.5) is 5.69 Å². The van der Waals surface area contributed by atoms with E-state index in [0.29, 0.717) is 5.16 Å². The Bertz CT molecular complexity index is 933. The normalized spacial score (nSPS) is 11.7. The van der Waals surface area contributed by atoms with Gasteiger partial charge in [0.05, 0.1) is 16.7 Å². The van der Waals surface area contributed by atoms with Gasteiger partial charge in [-0.2, -0.15) is 0 Å². The summed E-state index contributed by atoms with van der Waals surface area (Å²) in [5, 5.41) is 10.1. The maximum Gasteiger partial charge on any atom is 0.342 e. The van der Waals surface area contributed by atoms with Crippen molar-refractivity contribution in [2.24, 2.45) is 0 Å². The highest BCUT2D eigenvalue weighted by atomic mass is 79.9. The van der Waals surface area contributed by atoms with Crippen LogP contribution in [0.3, 0.4) is 0 Å². The predicted octanol–water partition coefficient (Wildman–Crippen LogP) is 4.61. The second kappa shape index (κ2) is 7.33. The molecular weight excluding hydrogens is 402 g/mol. The van der Waals surface area contributed by atoms with Crippen molar-refractivity contribution in [2.45, 2.75) is 5.16 Å². The third-order valence-electron chi connectivity index (χ3n) is 3.54. The van der Waals surface area contributed by atoms with Crippen LogP contribution >= 0.6 is 27.7 Å². The lowest BCUT2D eigenvalue weighted by atomic mass is 10.2. The SMILES string of the molecule is CN(C)c1ccc(/C=C(\Sc2nc3ccccc3[nH]2)C(=O)O)cc1Br. The van der Waals surface area contributed by atoms with Crippen LogP contribution in [-0.4, -0.2) is 35.1 Å². The van der Waals surface area contributed by atoms with Gasteiger partial charge in [0, 0.05) is 18.6 Å². The number of halogens is 1. The zero-order chi connectivity index (χ0) is 18.0. The number of rotatable bonds is 5. The van der Waals surface area contributed by atoms with E-state index in [1.165, 1.54) is 0 Å². The topological polar surface area (TPSA) is 69.2 Å². The number of aromatic amines is 1. The van der Waals surface area contributed by atoms with Gasteiger partial charge in [-0.3, -0.25) is 0 Å². The summed E-state index contributed by atoms with van der Waals surface area (Å²) in [4.78, 5) is 21.4. The van der Waals surface area contributed by atoms with E-state index in [1.54, 1.807) is 6.08 Å². The number of para-hydroxylation sites is 2. The van der Waals surface area contributed by atoms with Gasteiger partial charge in [-0.1, -0.05) is 18.2 Å². The number of nitrogens with zero attached hydrogens (tertiary/aromatic N) is 2. The van der Waals surface area contributed by atoms with Crippen molar-refractivity contribution in [3.63, 3.8) is 0 Å². The monoisotopic (exact) mass is 417 g/mol. The molecule has 0 saturated carbocycles. The number of aliphatic carboxylic acids is 1. The van der Waals surface area contributed by atoms with E-state index in [4.69, 9.17) is 0 Å². The van der Waals surface area contributed by atoms with E-state index in [2.05, 4.69) is 25.9 Å². The smallest absolute Gasteiger partial charge is 0.342 e. The summed E-state index contributed by atoms with van der Waals surface area (Å²) in [6.45, 7) is 0. The summed E-state index contributed by atoms with van der Waals surface area (Å²) in [6, 6.07) is 13.3. The highest BCUT2D eigenvalue weighted by Crippen LogP contribution is 2.31. The van der Waals surface area contributed by atoms with Crippen LogP contribution in [0.1, 0.15) is 5.56 Å². The quantitative estimate of drug-likeness (QED) is 0.468. The van der Waals surface area contributed by atoms with Gasteiger partial charge in [0.25, 0.3) is 0 Å². The molecular formula is C18H16BrN3O2S. The summed E-state index contributed by atoms with van der Waals surface area (Å²) in [5.41, 5.74) is 3.53. The maximum atomic E-state index is 11.6. The molecule has 0 saturated heterocycles. The molecule has 0 amide bonds. The Hall–Kier alpha value is -2.25. The lowest BCUT2D eigenvalue weighted by Crippen LogP contribution is -2.09. The number of hydrogen-bond donors (Lipinski definition) is 2. The molecule has 0 radical (unpaired) electrons. The van der Waals surface area contributed by atoms with Gasteiger partial charge in [-0.15, -0.1) is 0 Å². The summed E-state index contributed by atoms with van der Waals surface area (Å²) in [5.74, 6) is -0.988. The number of carboxylic acid groups (broad SMARTS) is 1. The molecule has 0 aliphatic heterocycles. The van der Waals surface area contributed by atoms with Crippen molar-refractivity contribution in [3.8, 4) is 0 Å². The number of aromatic nitrogens is 2. The number of carboxylic acids is 1. The Balaban J connectivity index is 1.91. The van der Waals surface area contributed by atoms with Crippen molar-refractivity contribution in [3.05, 3.63) is 57.4 Å². The molecule has 0 spiro atoms. The Kier molecular flexibility index (Phi) is 5.15. The van der Waals surface area contributed by atoms with Crippen LogP contribution in [-0.2, 0) is 4.79 Å². The number of H-pyrrole nitrogens is 1. The average Bonchev–Trinajstić information content (AvgIpc) is 2.96.